The van der Waals surface area contributed by atoms with Crippen LogP contribution in [0.1, 0.15) is 122 Å². The van der Waals surface area contributed by atoms with E-state index in [1.165, 1.54) is 70.6 Å². The SMILES string of the molecule is CCCCCCCCCCCCCCCC(=O)N1CCCC1C(=O)NCCCOCCOCCOCCCNC. The molecule has 1 aliphatic rings. The number of amides is 2. The van der Waals surface area contributed by atoms with Gasteiger partial charge in [0.2, 0.25) is 11.8 Å². The molecule has 8 nitrogen and oxygen atoms in total. The lowest BCUT2D eigenvalue weighted by molar-refractivity contribution is -0.138. The number of likely N-dealkylation sites (tertiary alicyclic amines) is 1. The van der Waals surface area contributed by atoms with E-state index in [-0.39, 0.29) is 17.9 Å². The smallest absolute Gasteiger partial charge is 0.242 e. The molecule has 0 aromatic rings. The summed E-state index contributed by atoms with van der Waals surface area (Å²) < 4.78 is 16.5. The molecule has 236 valence electrons. The zero-order chi connectivity index (χ0) is 28.9. The molecular weight excluding hydrogens is 506 g/mol. The predicted molar refractivity (Wildman–Crippen MR) is 164 cm³/mol. The summed E-state index contributed by atoms with van der Waals surface area (Å²) in [6.07, 6.45) is 20.9. The van der Waals surface area contributed by atoms with Crippen molar-refractivity contribution in [3.05, 3.63) is 0 Å². The second-order valence-electron chi connectivity index (χ2n) is 11.2. The molecule has 1 unspecified atom stereocenters. The van der Waals surface area contributed by atoms with E-state index in [4.69, 9.17) is 14.2 Å². The summed E-state index contributed by atoms with van der Waals surface area (Å²) in [6, 6.07) is -0.302. The van der Waals surface area contributed by atoms with Crippen LogP contribution in [0.15, 0.2) is 0 Å². The summed E-state index contributed by atoms with van der Waals surface area (Å²) in [5.74, 6) is 0.127. The third-order valence-electron chi connectivity index (χ3n) is 7.59. The van der Waals surface area contributed by atoms with Gasteiger partial charge in [0.05, 0.1) is 26.4 Å². The van der Waals surface area contributed by atoms with Crippen molar-refractivity contribution in [2.75, 3.05) is 66.3 Å². The van der Waals surface area contributed by atoms with E-state index in [1.54, 1.807) is 0 Å². The van der Waals surface area contributed by atoms with Crippen molar-refractivity contribution in [3.63, 3.8) is 0 Å². The Morgan fingerprint density at radius 2 is 1.18 bits per heavy atom. The van der Waals surface area contributed by atoms with Crippen LogP contribution >= 0.6 is 0 Å². The molecule has 2 N–H and O–H groups in total. The van der Waals surface area contributed by atoms with Gasteiger partial charge in [-0.1, -0.05) is 84.0 Å². The Balaban J connectivity index is 1.95. The summed E-state index contributed by atoms with van der Waals surface area (Å²) in [5.41, 5.74) is 0. The first-order valence-corrected chi connectivity index (χ1v) is 16.7. The van der Waals surface area contributed by atoms with E-state index in [2.05, 4.69) is 17.6 Å². The maximum absolute atomic E-state index is 12.8. The average molecular weight is 570 g/mol. The van der Waals surface area contributed by atoms with E-state index in [9.17, 15) is 9.59 Å². The molecule has 1 atom stereocenters. The number of hydrogen-bond donors (Lipinski definition) is 2. The van der Waals surface area contributed by atoms with Crippen LogP contribution < -0.4 is 10.6 Å². The van der Waals surface area contributed by atoms with Gasteiger partial charge in [0.1, 0.15) is 6.04 Å². The Bertz CT molecular complexity index is 593. The fraction of sp³-hybridized carbons (Fsp3) is 0.938. The molecule has 0 bridgehead atoms. The molecule has 2 amide bonds. The maximum Gasteiger partial charge on any atom is 0.242 e. The van der Waals surface area contributed by atoms with Crippen molar-refractivity contribution in [3.8, 4) is 0 Å². The molecule has 40 heavy (non-hydrogen) atoms. The molecule has 0 radical (unpaired) electrons. The first-order valence-electron chi connectivity index (χ1n) is 16.7. The largest absolute Gasteiger partial charge is 0.379 e. The highest BCUT2D eigenvalue weighted by atomic mass is 16.5. The van der Waals surface area contributed by atoms with E-state index in [0.29, 0.717) is 52.5 Å². The minimum absolute atomic E-state index is 0.0192. The highest BCUT2D eigenvalue weighted by molar-refractivity contribution is 5.88. The monoisotopic (exact) mass is 569 g/mol. The molecule has 0 spiro atoms. The van der Waals surface area contributed by atoms with E-state index in [0.717, 1.165) is 51.7 Å². The van der Waals surface area contributed by atoms with Crippen molar-refractivity contribution >= 4 is 11.8 Å². The average Bonchev–Trinajstić information content (AvgIpc) is 3.46. The van der Waals surface area contributed by atoms with E-state index in [1.807, 2.05) is 11.9 Å². The summed E-state index contributed by atoms with van der Waals surface area (Å²) in [7, 11) is 1.94. The van der Waals surface area contributed by atoms with Gasteiger partial charge in [-0.25, -0.2) is 0 Å². The Labute approximate surface area is 246 Å². The van der Waals surface area contributed by atoms with Crippen LogP contribution in [0.25, 0.3) is 0 Å². The Kier molecular flexibility index (Phi) is 25.7. The molecule has 8 heteroatoms. The Morgan fingerprint density at radius 3 is 1.73 bits per heavy atom. The van der Waals surface area contributed by atoms with Crippen LogP contribution in [0.3, 0.4) is 0 Å². The number of ether oxygens (including phenoxy) is 3. The normalized spacial score (nSPS) is 15.2. The maximum atomic E-state index is 12.8. The number of carbonyl (C=O) groups excluding carboxylic acids is 2. The standard InChI is InChI=1S/C32H63N3O5/c1-3-4-5-6-7-8-9-10-11-12-13-14-15-20-31(36)35-23-16-19-30(35)32(37)34-22-18-25-39-27-29-40-28-26-38-24-17-21-33-2/h30,33H,3-29H2,1-2H3,(H,34,37). The third kappa shape index (κ3) is 20.6. The van der Waals surface area contributed by atoms with Gasteiger partial charge >= 0.3 is 0 Å². The van der Waals surface area contributed by atoms with Gasteiger partial charge in [0.15, 0.2) is 0 Å². The lowest BCUT2D eigenvalue weighted by Crippen LogP contribution is -2.46. The molecule has 1 heterocycles. The topological polar surface area (TPSA) is 89.1 Å². The second kappa shape index (κ2) is 27.9. The number of unbranched alkanes of at least 4 members (excludes halogenated alkanes) is 12. The van der Waals surface area contributed by atoms with Crippen LogP contribution in [-0.2, 0) is 23.8 Å². The number of hydrogen-bond acceptors (Lipinski definition) is 6. The predicted octanol–water partition coefficient (Wildman–Crippen LogP) is 5.62. The molecule has 1 fully saturated rings. The van der Waals surface area contributed by atoms with Crippen LogP contribution in [0.2, 0.25) is 0 Å². The quantitative estimate of drug-likeness (QED) is 0.114. The van der Waals surface area contributed by atoms with Crippen LogP contribution in [-0.4, -0.2) is 89.1 Å². The summed E-state index contributed by atoms with van der Waals surface area (Å²) >= 11 is 0. The van der Waals surface area contributed by atoms with Gasteiger partial charge < -0.3 is 29.7 Å². The van der Waals surface area contributed by atoms with Gasteiger partial charge in [-0.3, -0.25) is 9.59 Å². The zero-order valence-corrected chi connectivity index (χ0v) is 26.2. The fourth-order valence-electron chi connectivity index (χ4n) is 5.17. The number of nitrogens with one attached hydrogen (secondary N) is 2. The van der Waals surface area contributed by atoms with Crippen molar-refractivity contribution in [2.45, 2.75) is 129 Å². The van der Waals surface area contributed by atoms with Gasteiger partial charge in [0.25, 0.3) is 0 Å². The van der Waals surface area contributed by atoms with Crippen LogP contribution in [0.5, 0.6) is 0 Å². The fourth-order valence-corrected chi connectivity index (χ4v) is 5.17. The Morgan fingerprint density at radius 1 is 0.675 bits per heavy atom. The molecule has 0 saturated carbocycles. The third-order valence-corrected chi connectivity index (χ3v) is 7.59. The molecule has 1 saturated heterocycles. The Hall–Kier alpha value is -1.22. The molecule has 0 aliphatic carbocycles. The van der Waals surface area contributed by atoms with Crippen molar-refractivity contribution in [1.29, 1.82) is 0 Å². The van der Waals surface area contributed by atoms with Crippen molar-refractivity contribution in [1.82, 2.24) is 15.5 Å². The summed E-state index contributed by atoms with van der Waals surface area (Å²) in [6.45, 7) is 8.11. The van der Waals surface area contributed by atoms with Crippen LogP contribution in [0, 0.1) is 0 Å². The zero-order valence-electron chi connectivity index (χ0n) is 26.2. The van der Waals surface area contributed by atoms with Crippen LogP contribution in [0.4, 0.5) is 0 Å². The number of carbonyl (C=O) groups is 2. The van der Waals surface area contributed by atoms with Gasteiger partial charge in [0, 0.05) is 32.7 Å². The van der Waals surface area contributed by atoms with Gasteiger partial charge in [-0.2, -0.15) is 0 Å². The van der Waals surface area contributed by atoms with Gasteiger partial charge in [-0.05, 0) is 45.7 Å². The first kappa shape index (κ1) is 36.8. The van der Waals surface area contributed by atoms with Crippen molar-refractivity contribution < 1.29 is 23.8 Å². The second-order valence-corrected chi connectivity index (χ2v) is 11.2. The highest BCUT2D eigenvalue weighted by Crippen LogP contribution is 2.20. The molecule has 1 rings (SSSR count). The van der Waals surface area contributed by atoms with Crippen molar-refractivity contribution in [2.24, 2.45) is 0 Å². The van der Waals surface area contributed by atoms with E-state index < -0.39 is 0 Å². The van der Waals surface area contributed by atoms with E-state index >= 15 is 0 Å². The summed E-state index contributed by atoms with van der Waals surface area (Å²) in [4.78, 5) is 27.3. The number of rotatable bonds is 29. The minimum Gasteiger partial charge on any atom is -0.379 e. The molecule has 0 aromatic carbocycles. The summed E-state index contributed by atoms with van der Waals surface area (Å²) in [5, 5.41) is 6.09. The highest BCUT2D eigenvalue weighted by Gasteiger charge is 2.33. The van der Waals surface area contributed by atoms with Gasteiger partial charge in [-0.15, -0.1) is 0 Å². The lowest BCUT2D eigenvalue weighted by Gasteiger charge is -2.24. The number of nitrogens with zero attached hydrogens (tertiary/aromatic N) is 1. The molecule has 1 aliphatic heterocycles. The first-order chi connectivity index (χ1) is 19.7. The molecule has 0 aromatic heterocycles. The minimum atomic E-state index is -0.302. The molecular formula is C32H63N3O5. The lowest BCUT2D eigenvalue weighted by atomic mass is 10.0.